The topological polar surface area (TPSA) is 151 Å². The Bertz CT molecular complexity index is 1010. The van der Waals surface area contributed by atoms with Crippen LogP contribution in [0.3, 0.4) is 0 Å². The van der Waals surface area contributed by atoms with Crippen LogP contribution in [0.4, 0.5) is 0 Å². The Morgan fingerprint density at radius 3 is 2.29 bits per heavy atom. The fraction of sp³-hybridized carbons (Fsp3) is 0.522. The van der Waals surface area contributed by atoms with Crippen LogP contribution in [0, 0.1) is 19.8 Å². The van der Waals surface area contributed by atoms with E-state index in [4.69, 9.17) is 24.5 Å². The van der Waals surface area contributed by atoms with Crippen LogP contribution in [-0.4, -0.2) is 81.3 Å². The highest BCUT2D eigenvalue weighted by atomic mass is 16.5. The maximum absolute atomic E-state index is 12.0. The summed E-state index contributed by atoms with van der Waals surface area (Å²) < 4.78 is 7.07. The number of rotatable bonds is 7. The molecule has 0 aliphatic carbocycles. The molecule has 11 heteroatoms. The number of carbonyl (C=O) groups excluding carboxylic acids is 2. The molecule has 1 aliphatic heterocycles. The number of fused-ring (bicyclic) bond motifs is 1. The third kappa shape index (κ3) is 8.14. The van der Waals surface area contributed by atoms with E-state index < -0.39 is 17.9 Å². The summed E-state index contributed by atoms with van der Waals surface area (Å²) in [5.41, 5.74) is 4.81. The van der Waals surface area contributed by atoms with Gasteiger partial charge in [-0.2, -0.15) is 0 Å². The summed E-state index contributed by atoms with van der Waals surface area (Å²) in [6.07, 6.45) is 4.05. The third-order valence-corrected chi connectivity index (χ3v) is 5.68. The Morgan fingerprint density at radius 1 is 1.09 bits per heavy atom. The highest BCUT2D eigenvalue weighted by molar-refractivity contribution is 6.27. The first-order valence-electron chi connectivity index (χ1n) is 11.1. The minimum atomic E-state index is -1.82. The van der Waals surface area contributed by atoms with Gasteiger partial charge in [-0.3, -0.25) is 14.5 Å². The van der Waals surface area contributed by atoms with Crippen molar-refractivity contribution in [3.63, 3.8) is 0 Å². The summed E-state index contributed by atoms with van der Waals surface area (Å²) >= 11 is 0. The largest absolute Gasteiger partial charge is 0.473 e. The second kappa shape index (κ2) is 12.7. The maximum Gasteiger partial charge on any atom is 0.414 e. The van der Waals surface area contributed by atoms with Crippen LogP contribution >= 0.6 is 0 Å². The van der Waals surface area contributed by atoms with E-state index in [2.05, 4.69) is 45.7 Å². The molecule has 0 radical (unpaired) electrons. The molecular formula is C23H32N4O7. The molecule has 0 bridgehead atoms. The zero-order valence-electron chi connectivity index (χ0n) is 19.7. The lowest BCUT2D eigenvalue weighted by Crippen LogP contribution is -2.43. The minimum Gasteiger partial charge on any atom is -0.473 e. The Morgan fingerprint density at radius 2 is 1.71 bits per heavy atom. The van der Waals surface area contributed by atoms with Crippen molar-refractivity contribution in [1.29, 1.82) is 0 Å². The van der Waals surface area contributed by atoms with Crippen LogP contribution in [0.5, 0.6) is 0 Å². The Balaban J connectivity index is 0.000000604. The van der Waals surface area contributed by atoms with Gasteiger partial charge in [-0.1, -0.05) is 0 Å². The van der Waals surface area contributed by atoms with E-state index in [9.17, 15) is 9.59 Å². The van der Waals surface area contributed by atoms with Gasteiger partial charge in [-0.15, -0.1) is 0 Å². The Kier molecular flexibility index (Phi) is 9.99. The van der Waals surface area contributed by atoms with Crippen molar-refractivity contribution in [2.75, 3.05) is 32.8 Å². The van der Waals surface area contributed by atoms with Crippen LogP contribution in [0.2, 0.25) is 0 Å². The van der Waals surface area contributed by atoms with Gasteiger partial charge in [-0.05, 0) is 75.9 Å². The molecule has 2 heterocycles. The summed E-state index contributed by atoms with van der Waals surface area (Å²) in [7, 11) is 0. The first-order chi connectivity index (χ1) is 16.1. The molecule has 0 unspecified atom stereocenters. The number of nitrogens with zero attached hydrogens (tertiary/aromatic N) is 3. The van der Waals surface area contributed by atoms with Gasteiger partial charge in [-0.25, -0.2) is 14.6 Å². The molecule has 186 valence electrons. The van der Waals surface area contributed by atoms with Crippen molar-refractivity contribution < 1.29 is 34.1 Å². The van der Waals surface area contributed by atoms with Crippen LogP contribution in [-0.2, 0) is 30.5 Å². The first kappa shape index (κ1) is 26.8. The van der Waals surface area contributed by atoms with E-state index in [1.807, 2.05) is 6.33 Å². The van der Waals surface area contributed by atoms with Gasteiger partial charge >= 0.3 is 17.9 Å². The highest BCUT2D eigenvalue weighted by Crippen LogP contribution is 2.23. The molecule has 3 N–H and O–H groups in total. The number of imidazole rings is 1. The number of nitrogens with one attached hydrogen (secondary N) is 1. The van der Waals surface area contributed by atoms with Gasteiger partial charge in [0.1, 0.15) is 6.54 Å². The molecule has 0 atom stereocenters. The second-order valence-corrected chi connectivity index (χ2v) is 8.23. The third-order valence-electron chi connectivity index (χ3n) is 5.68. The number of benzene rings is 1. The number of hydrogen-bond acceptors (Lipinski definition) is 7. The van der Waals surface area contributed by atoms with Crippen molar-refractivity contribution in [1.82, 2.24) is 19.8 Å². The highest BCUT2D eigenvalue weighted by Gasteiger charge is 2.22. The van der Waals surface area contributed by atoms with Gasteiger partial charge < -0.3 is 24.8 Å². The van der Waals surface area contributed by atoms with E-state index in [0.717, 1.165) is 38.0 Å². The van der Waals surface area contributed by atoms with E-state index >= 15 is 0 Å². The van der Waals surface area contributed by atoms with E-state index in [-0.39, 0.29) is 12.5 Å². The fourth-order valence-corrected chi connectivity index (χ4v) is 3.71. The number of carboxylic acid groups (broad SMARTS) is 2. The molecule has 1 aromatic heterocycles. The molecule has 1 saturated heterocycles. The SMILES string of the molecule is CCOC(=O)CNC(=O)CN1CCC(Cn2cnc3cc(C)c(C)cc32)CC1.O=C(O)C(=O)O. The van der Waals surface area contributed by atoms with Crippen LogP contribution in [0.15, 0.2) is 18.5 Å². The van der Waals surface area contributed by atoms with Crippen molar-refractivity contribution in [2.45, 2.75) is 40.2 Å². The smallest absolute Gasteiger partial charge is 0.414 e. The molecule has 34 heavy (non-hydrogen) atoms. The van der Waals surface area contributed by atoms with Gasteiger partial charge in [0, 0.05) is 6.54 Å². The maximum atomic E-state index is 12.0. The average molecular weight is 477 g/mol. The van der Waals surface area contributed by atoms with Crippen LogP contribution in [0.1, 0.15) is 30.9 Å². The molecule has 1 aromatic carbocycles. The molecule has 1 fully saturated rings. The summed E-state index contributed by atoms with van der Waals surface area (Å²) in [6.45, 7) is 9.34. The molecule has 3 rings (SSSR count). The number of hydrogen-bond donors (Lipinski definition) is 3. The predicted octanol–water partition coefficient (Wildman–Crippen LogP) is 1.20. The fourth-order valence-electron chi connectivity index (χ4n) is 3.71. The zero-order valence-corrected chi connectivity index (χ0v) is 19.7. The summed E-state index contributed by atoms with van der Waals surface area (Å²) in [4.78, 5) is 48.2. The quantitative estimate of drug-likeness (QED) is 0.395. The second-order valence-electron chi connectivity index (χ2n) is 8.23. The molecule has 1 amide bonds. The number of aromatic nitrogens is 2. The molecule has 2 aromatic rings. The van der Waals surface area contributed by atoms with E-state index in [1.165, 1.54) is 16.6 Å². The number of piperidine rings is 1. The zero-order chi connectivity index (χ0) is 25.3. The number of amides is 1. The number of carbonyl (C=O) groups is 4. The number of esters is 1. The standard InChI is InChI=1S/C21H30N4O3.C2H2O4/c1-4-28-21(27)11-22-20(26)13-24-7-5-17(6-8-24)12-25-14-23-18-9-15(2)16(3)10-19(18)25;3-1(4)2(5)6/h9-10,14,17H,4-8,11-13H2,1-3H3,(H,22,26);(H,3,4)(H,5,6). The lowest BCUT2D eigenvalue weighted by molar-refractivity contribution is -0.159. The number of aryl methyl sites for hydroxylation is 2. The van der Waals surface area contributed by atoms with E-state index in [1.54, 1.807) is 6.92 Å². The summed E-state index contributed by atoms with van der Waals surface area (Å²) in [5, 5.41) is 17.4. The predicted molar refractivity (Wildman–Crippen MR) is 123 cm³/mol. The number of ether oxygens (including phenoxy) is 1. The molecule has 1 aliphatic rings. The van der Waals surface area contributed by atoms with Crippen LogP contribution < -0.4 is 5.32 Å². The van der Waals surface area contributed by atoms with E-state index in [0.29, 0.717) is 19.1 Å². The number of aliphatic carboxylic acids is 2. The van der Waals surface area contributed by atoms with Gasteiger partial charge in [0.25, 0.3) is 0 Å². The van der Waals surface area contributed by atoms with Crippen LogP contribution in [0.25, 0.3) is 11.0 Å². The van der Waals surface area contributed by atoms with Gasteiger partial charge in [0.15, 0.2) is 0 Å². The average Bonchev–Trinajstić information content (AvgIpc) is 3.16. The van der Waals surface area contributed by atoms with Crippen molar-refractivity contribution in [2.24, 2.45) is 5.92 Å². The Labute approximate surface area is 197 Å². The molecule has 0 spiro atoms. The van der Waals surface area contributed by atoms with Gasteiger partial charge in [0.2, 0.25) is 5.91 Å². The van der Waals surface area contributed by atoms with Crippen molar-refractivity contribution >= 4 is 34.8 Å². The molecule has 0 saturated carbocycles. The summed E-state index contributed by atoms with van der Waals surface area (Å²) in [6, 6.07) is 4.37. The normalized spacial score (nSPS) is 14.2. The van der Waals surface area contributed by atoms with Crippen molar-refractivity contribution in [3.05, 3.63) is 29.6 Å². The first-order valence-corrected chi connectivity index (χ1v) is 11.1. The minimum absolute atomic E-state index is 0.0598. The lowest BCUT2D eigenvalue weighted by Gasteiger charge is -2.31. The lowest BCUT2D eigenvalue weighted by atomic mass is 9.96. The van der Waals surface area contributed by atoms with Gasteiger partial charge in [0.05, 0.1) is 30.5 Å². The number of likely N-dealkylation sites (tertiary alicyclic amines) is 1. The number of carboxylic acids is 2. The Hall–Kier alpha value is -3.47. The molecular weight excluding hydrogens is 444 g/mol. The molecule has 11 nitrogen and oxygen atoms in total. The monoisotopic (exact) mass is 476 g/mol. The van der Waals surface area contributed by atoms with Crippen molar-refractivity contribution in [3.8, 4) is 0 Å². The summed E-state index contributed by atoms with van der Waals surface area (Å²) in [5.74, 6) is -3.59.